The van der Waals surface area contributed by atoms with E-state index in [-0.39, 0.29) is 11.0 Å². The molecule has 3 aromatic rings. The molecule has 0 amide bonds. The largest absolute Gasteiger partial charge is 0.870 e. The van der Waals surface area contributed by atoms with Gasteiger partial charge in [-0.05, 0) is 0 Å². The quantitative estimate of drug-likeness (QED) is 0.672. The van der Waals surface area contributed by atoms with Crippen molar-refractivity contribution in [3.63, 3.8) is 0 Å². The van der Waals surface area contributed by atoms with Crippen LogP contribution in [-0.4, -0.2) is 18.8 Å². The van der Waals surface area contributed by atoms with Gasteiger partial charge in [0.15, 0.2) is 0 Å². The summed E-state index contributed by atoms with van der Waals surface area (Å²) in [5.41, 5.74) is 5.67. The van der Waals surface area contributed by atoms with Crippen LogP contribution in [0.4, 0.5) is 0 Å². The SMILES string of the molecule is [B+2]c1ccc(-c2ccc(-c3ccccc3)cc2)cc1.[OH-].[OH-]. The molecule has 2 nitrogen and oxygen atoms in total. The van der Waals surface area contributed by atoms with Crippen LogP contribution in [0.15, 0.2) is 78.9 Å². The molecule has 0 saturated heterocycles. The summed E-state index contributed by atoms with van der Waals surface area (Å²) in [4.78, 5) is 0. The van der Waals surface area contributed by atoms with Crippen molar-refractivity contribution in [1.29, 1.82) is 0 Å². The Hall–Kier alpha value is -2.36. The Labute approximate surface area is 126 Å². The molecule has 0 aliphatic heterocycles. The van der Waals surface area contributed by atoms with Crippen molar-refractivity contribution in [3.8, 4) is 22.3 Å². The molecule has 0 bridgehead atoms. The van der Waals surface area contributed by atoms with Crippen LogP contribution in [0.25, 0.3) is 22.3 Å². The summed E-state index contributed by atoms with van der Waals surface area (Å²) in [6.45, 7) is 0. The molecule has 0 radical (unpaired) electrons. The van der Waals surface area contributed by atoms with E-state index in [1.807, 2.05) is 30.3 Å². The fraction of sp³-hybridized carbons (Fsp3) is 0. The summed E-state index contributed by atoms with van der Waals surface area (Å²) in [7, 11) is 5.70. The first-order valence-electron chi connectivity index (χ1n) is 6.34. The molecule has 3 rings (SSSR count). The zero-order valence-electron chi connectivity index (χ0n) is 11.5. The van der Waals surface area contributed by atoms with E-state index in [4.69, 9.17) is 7.85 Å². The fourth-order valence-electron chi connectivity index (χ4n) is 2.16. The molecule has 21 heavy (non-hydrogen) atoms. The van der Waals surface area contributed by atoms with Crippen LogP contribution >= 0.6 is 0 Å². The Kier molecular flexibility index (Phi) is 5.91. The van der Waals surface area contributed by atoms with Crippen LogP contribution in [-0.2, 0) is 0 Å². The Morgan fingerprint density at radius 2 is 0.762 bits per heavy atom. The molecule has 0 saturated carbocycles. The van der Waals surface area contributed by atoms with Crippen molar-refractivity contribution in [2.24, 2.45) is 0 Å². The summed E-state index contributed by atoms with van der Waals surface area (Å²) < 4.78 is 0. The van der Waals surface area contributed by atoms with E-state index in [1.54, 1.807) is 0 Å². The van der Waals surface area contributed by atoms with E-state index in [1.165, 1.54) is 22.3 Å². The molecule has 3 aromatic carbocycles. The first-order chi connectivity index (χ1) is 9.33. The minimum atomic E-state index is 0. The molecule has 0 fully saturated rings. The minimum absolute atomic E-state index is 0. The van der Waals surface area contributed by atoms with E-state index in [9.17, 15) is 0 Å². The van der Waals surface area contributed by atoms with Crippen molar-refractivity contribution in [2.75, 3.05) is 0 Å². The molecule has 0 spiro atoms. The minimum Gasteiger partial charge on any atom is -0.870 e. The third kappa shape index (κ3) is 3.82. The van der Waals surface area contributed by atoms with Gasteiger partial charge in [0.1, 0.15) is 0 Å². The smallest absolute Gasteiger partial charge is 0.870 e. The molecular weight excluding hydrogens is 259 g/mol. The van der Waals surface area contributed by atoms with Gasteiger partial charge in [-0.2, -0.15) is 0 Å². The van der Waals surface area contributed by atoms with Crippen molar-refractivity contribution in [1.82, 2.24) is 0 Å². The molecular formula is C18H15BO2. The van der Waals surface area contributed by atoms with E-state index in [0.29, 0.717) is 0 Å². The third-order valence-electron chi connectivity index (χ3n) is 3.24. The van der Waals surface area contributed by atoms with E-state index < -0.39 is 0 Å². The van der Waals surface area contributed by atoms with Gasteiger partial charge >= 0.3 is 114 Å². The van der Waals surface area contributed by atoms with Gasteiger partial charge in [0.2, 0.25) is 0 Å². The molecule has 0 unspecified atom stereocenters. The van der Waals surface area contributed by atoms with Gasteiger partial charge in [-0.1, -0.05) is 0 Å². The Morgan fingerprint density at radius 3 is 1.19 bits per heavy atom. The average Bonchev–Trinajstić information content (AvgIpc) is 2.49. The van der Waals surface area contributed by atoms with Crippen molar-refractivity contribution >= 4 is 13.3 Å². The van der Waals surface area contributed by atoms with Crippen molar-refractivity contribution in [2.45, 2.75) is 0 Å². The third-order valence-corrected chi connectivity index (χ3v) is 3.24. The maximum atomic E-state index is 5.70. The van der Waals surface area contributed by atoms with E-state index >= 15 is 0 Å². The van der Waals surface area contributed by atoms with Crippen LogP contribution in [0, 0.1) is 0 Å². The normalized spacial score (nSPS) is 9.43. The van der Waals surface area contributed by atoms with Crippen molar-refractivity contribution in [3.05, 3.63) is 78.9 Å². The second-order valence-corrected chi connectivity index (χ2v) is 4.57. The maximum Gasteiger partial charge on any atom is -0.870 e. The van der Waals surface area contributed by atoms with Crippen LogP contribution in [0.5, 0.6) is 0 Å². The Morgan fingerprint density at radius 1 is 0.429 bits per heavy atom. The van der Waals surface area contributed by atoms with E-state index in [0.717, 1.165) is 5.46 Å². The summed E-state index contributed by atoms with van der Waals surface area (Å²) in [6.07, 6.45) is 0. The standard InChI is InChI=1S/C18H13B.2H2O/c19-18-12-10-17(11-13-18)16-8-6-15(7-9-16)14-4-2-1-3-5-14;;/h1-13H;2*1H2/q+2;;/p-2. The molecule has 3 heteroatoms. The van der Waals surface area contributed by atoms with Gasteiger partial charge in [-0.25, -0.2) is 0 Å². The van der Waals surface area contributed by atoms with Gasteiger partial charge in [0.25, 0.3) is 0 Å². The molecule has 0 aliphatic carbocycles. The number of hydrogen-bond acceptors (Lipinski definition) is 2. The molecule has 0 aliphatic rings. The van der Waals surface area contributed by atoms with Crippen LogP contribution in [0.3, 0.4) is 0 Å². The van der Waals surface area contributed by atoms with Gasteiger partial charge in [0.05, 0.1) is 0 Å². The summed E-state index contributed by atoms with van der Waals surface area (Å²) in [6, 6.07) is 27.0. The Bertz CT molecular complexity index is 662. The molecule has 0 heterocycles. The van der Waals surface area contributed by atoms with Crippen LogP contribution in [0.2, 0.25) is 0 Å². The Balaban J connectivity index is 0.00000110. The first kappa shape index (κ1) is 16.7. The number of rotatable bonds is 2. The summed E-state index contributed by atoms with van der Waals surface area (Å²) >= 11 is 0. The zero-order chi connectivity index (χ0) is 13.1. The second-order valence-electron chi connectivity index (χ2n) is 4.57. The topological polar surface area (TPSA) is 60.0 Å². The van der Waals surface area contributed by atoms with Gasteiger partial charge in [-0.3, -0.25) is 0 Å². The fourth-order valence-corrected chi connectivity index (χ4v) is 2.16. The predicted molar refractivity (Wildman–Crippen MR) is 86.6 cm³/mol. The molecule has 102 valence electrons. The summed E-state index contributed by atoms with van der Waals surface area (Å²) in [5.74, 6) is 0. The molecule has 0 aromatic heterocycles. The van der Waals surface area contributed by atoms with E-state index in [2.05, 4.69) is 48.5 Å². The van der Waals surface area contributed by atoms with Gasteiger partial charge in [0, 0.05) is 0 Å². The van der Waals surface area contributed by atoms with Crippen LogP contribution in [0.1, 0.15) is 0 Å². The number of hydrogen-bond donors (Lipinski definition) is 0. The predicted octanol–water partition coefficient (Wildman–Crippen LogP) is 3.46. The zero-order valence-corrected chi connectivity index (χ0v) is 11.5. The van der Waals surface area contributed by atoms with Crippen molar-refractivity contribution < 1.29 is 11.0 Å². The average molecular weight is 274 g/mol. The maximum absolute atomic E-state index is 5.70. The van der Waals surface area contributed by atoms with Crippen LogP contribution < -0.4 is 5.46 Å². The molecule has 2 N–H and O–H groups in total. The van der Waals surface area contributed by atoms with Gasteiger partial charge in [-0.15, -0.1) is 0 Å². The number of benzene rings is 3. The van der Waals surface area contributed by atoms with Gasteiger partial charge < -0.3 is 11.0 Å². The summed E-state index contributed by atoms with van der Waals surface area (Å²) in [5, 5.41) is 0. The first-order valence-corrected chi connectivity index (χ1v) is 6.34. The monoisotopic (exact) mass is 274 g/mol. The second kappa shape index (κ2) is 7.43. The molecule has 0 atom stereocenters.